The Kier molecular flexibility index (Phi) is 6.41. The molecule has 3 aromatic carbocycles. The largest absolute Gasteiger partial charge is 0.449 e. The second-order valence-electron chi connectivity index (χ2n) is 7.48. The Morgan fingerprint density at radius 3 is 2.16 bits per heavy atom. The molecule has 0 aromatic heterocycles. The third-order valence-corrected chi connectivity index (χ3v) is 5.92. The summed E-state index contributed by atoms with van der Waals surface area (Å²) in [5.41, 5.74) is 3.70. The maximum atomic E-state index is 13.9. The van der Waals surface area contributed by atoms with Crippen LogP contribution < -0.4 is 5.32 Å². The molecule has 5 nitrogen and oxygen atoms in total. The lowest BCUT2D eigenvalue weighted by Crippen LogP contribution is -2.36. The van der Waals surface area contributed by atoms with E-state index in [0.717, 1.165) is 34.4 Å². The molecule has 32 heavy (non-hydrogen) atoms. The zero-order valence-corrected chi connectivity index (χ0v) is 17.5. The third kappa shape index (κ3) is 4.19. The summed E-state index contributed by atoms with van der Waals surface area (Å²) in [6.07, 6.45) is -4.29. The predicted molar refractivity (Wildman–Crippen MR) is 115 cm³/mol. The van der Waals surface area contributed by atoms with Gasteiger partial charge in [-0.3, -0.25) is 0 Å². The van der Waals surface area contributed by atoms with Crippen molar-refractivity contribution in [2.24, 2.45) is 0 Å². The number of fused-ring (bicyclic) bond motifs is 3. The van der Waals surface area contributed by atoms with Crippen LogP contribution in [0.25, 0.3) is 11.1 Å². The highest BCUT2D eigenvalue weighted by Gasteiger charge is 2.30. The van der Waals surface area contributed by atoms with E-state index in [-0.39, 0.29) is 12.5 Å². The fourth-order valence-corrected chi connectivity index (χ4v) is 4.22. The summed E-state index contributed by atoms with van der Waals surface area (Å²) in [5.74, 6) is -2.04. The molecule has 0 spiro atoms. The van der Waals surface area contributed by atoms with Gasteiger partial charge in [0.25, 0.3) is 0 Å². The van der Waals surface area contributed by atoms with Gasteiger partial charge in [-0.25, -0.2) is 13.6 Å². The lowest BCUT2D eigenvalue weighted by Gasteiger charge is -2.20. The first-order valence-corrected chi connectivity index (χ1v) is 10.3. The van der Waals surface area contributed by atoms with Crippen molar-refractivity contribution >= 4 is 17.7 Å². The van der Waals surface area contributed by atoms with E-state index >= 15 is 0 Å². The van der Waals surface area contributed by atoms with Gasteiger partial charge in [-0.15, -0.1) is 0 Å². The smallest absolute Gasteiger partial charge is 0.407 e. The number of hydrogen-bond donors (Lipinski definition) is 3. The molecule has 3 aromatic rings. The molecule has 0 fully saturated rings. The molecule has 0 radical (unpaired) electrons. The second-order valence-corrected chi connectivity index (χ2v) is 7.85. The summed E-state index contributed by atoms with van der Waals surface area (Å²) in [4.78, 5) is 12.2. The lowest BCUT2D eigenvalue weighted by atomic mass is 9.98. The molecule has 0 saturated heterocycles. The maximum absolute atomic E-state index is 13.9. The van der Waals surface area contributed by atoms with Crippen molar-refractivity contribution in [2.75, 3.05) is 13.2 Å². The first kappa shape index (κ1) is 22.2. The van der Waals surface area contributed by atoms with Crippen LogP contribution in [-0.2, 0) is 4.74 Å². The van der Waals surface area contributed by atoms with E-state index < -0.39 is 47.1 Å². The van der Waals surface area contributed by atoms with Crippen LogP contribution in [0.5, 0.6) is 0 Å². The van der Waals surface area contributed by atoms with Gasteiger partial charge in [0.05, 0.1) is 5.02 Å². The average molecular weight is 460 g/mol. The number of benzene rings is 3. The highest BCUT2D eigenvalue weighted by molar-refractivity contribution is 6.31. The normalized spacial score (nSPS) is 14.4. The fourth-order valence-electron chi connectivity index (χ4n) is 3.96. The summed E-state index contributed by atoms with van der Waals surface area (Å²) >= 11 is 5.71. The molecule has 0 aliphatic heterocycles. The number of hydrogen-bond acceptors (Lipinski definition) is 4. The Morgan fingerprint density at radius 1 is 0.969 bits per heavy atom. The van der Waals surface area contributed by atoms with Crippen LogP contribution in [0.1, 0.15) is 28.7 Å². The van der Waals surface area contributed by atoms with E-state index in [0.29, 0.717) is 0 Å². The molecule has 1 amide bonds. The van der Waals surface area contributed by atoms with Gasteiger partial charge >= 0.3 is 6.09 Å². The Hall–Kier alpha value is -3.00. The molecule has 2 unspecified atom stereocenters. The standard InChI is InChI=1S/C24H20ClF2NO4/c25-22-19(27)10-9-18(26)21(22)23(30)20(29)11-28-24(31)32-12-17-15-7-3-1-5-13(15)14-6-2-4-8-16(14)17/h1-10,17,20,23,29-30H,11-12H2,(H,28,31). The van der Waals surface area contributed by atoms with Crippen LogP contribution >= 0.6 is 11.6 Å². The number of nitrogens with one attached hydrogen (secondary N) is 1. The lowest BCUT2D eigenvalue weighted by molar-refractivity contribution is 0.0164. The molecule has 0 saturated carbocycles. The number of aliphatic hydroxyl groups is 2. The van der Waals surface area contributed by atoms with E-state index in [4.69, 9.17) is 16.3 Å². The van der Waals surface area contributed by atoms with Crippen molar-refractivity contribution in [2.45, 2.75) is 18.1 Å². The first-order chi connectivity index (χ1) is 15.4. The summed E-state index contributed by atoms with van der Waals surface area (Å²) in [6.45, 7) is -0.382. The molecule has 4 rings (SSSR count). The van der Waals surface area contributed by atoms with Gasteiger partial charge in [-0.1, -0.05) is 60.1 Å². The van der Waals surface area contributed by atoms with Crippen molar-refractivity contribution in [3.05, 3.63) is 94.0 Å². The molecule has 8 heteroatoms. The number of alkyl carbamates (subject to hydrolysis) is 1. The number of carbonyl (C=O) groups excluding carboxylic acids is 1. The number of halogens is 3. The molecule has 0 bridgehead atoms. The second kappa shape index (κ2) is 9.24. The van der Waals surface area contributed by atoms with Crippen LogP contribution in [0.15, 0.2) is 60.7 Å². The molecule has 166 valence electrons. The van der Waals surface area contributed by atoms with E-state index in [9.17, 15) is 23.8 Å². The zero-order valence-electron chi connectivity index (χ0n) is 16.8. The maximum Gasteiger partial charge on any atom is 0.407 e. The number of carbonyl (C=O) groups is 1. The monoisotopic (exact) mass is 459 g/mol. The topological polar surface area (TPSA) is 78.8 Å². The highest BCUT2D eigenvalue weighted by atomic mass is 35.5. The third-order valence-electron chi connectivity index (χ3n) is 5.54. The molecular formula is C24H20ClF2NO4. The van der Waals surface area contributed by atoms with Gasteiger partial charge in [0.1, 0.15) is 30.4 Å². The van der Waals surface area contributed by atoms with Gasteiger partial charge in [0.2, 0.25) is 0 Å². The SMILES string of the molecule is O=C(NCC(O)C(O)c1c(F)ccc(F)c1Cl)OCC1c2ccccc2-c2ccccc21. The van der Waals surface area contributed by atoms with Crippen molar-refractivity contribution < 1.29 is 28.5 Å². The van der Waals surface area contributed by atoms with Crippen molar-refractivity contribution in [3.63, 3.8) is 0 Å². The van der Waals surface area contributed by atoms with Gasteiger partial charge in [-0.05, 0) is 34.4 Å². The van der Waals surface area contributed by atoms with Crippen LogP contribution in [0.3, 0.4) is 0 Å². The summed E-state index contributed by atoms with van der Waals surface area (Å²) in [5, 5.41) is 22.0. The zero-order chi connectivity index (χ0) is 22.8. The minimum atomic E-state index is -1.84. The van der Waals surface area contributed by atoms with Crippen LogP contribution in [0, 0.1) is 11.6 Å². The van der Waals surface area contributed by atoms with Crippen molar-refractivity contribution in [1.29, 1.82) is 0 Å². The van der Waals surface area contributed by atoms with Gasteiger partial charge < -0.3 is 20.3 Å². The van der Waals surface area contributed by atoms with Crippen molar-refractivity contribution in [3.8, 4) is 11.1 Å². The van der Waals surface area contributed by atoms with E-state index in [2.05, 4.69) is 5.32 Å². The highest BCUT2D eigenvalue weighted by Crippen LogP contribution is 2.44. The van der Waals surface area contributed by atoms with Crippen molar-refractivity contribution in [1.82, 2.24) is 5.32 Å². The predicted octanol–water partition coefficient (Wildman–Crippen LogP) is 4.55. The minimum absolute atomic E-state index is 0.0723. The minimum Gasteiger partial charge on any atom is -0.449 e. The molecule has 3 N–H and O–H groups in total. The van der Waals surface area contributed by atoms with E-state index in [1.165, 1.54) is 0 Å². The van der Waals surface area contributed by atoms with Crippen LogP contribution in [0.4, 0.5) is 13.6 Å². The Bertz CT molecular complexity index is 1110. The summed E-state index contributed by atoms with van der Waals surface area (Å²) < 4.78 is 32.9. The molecular weight excluding hydrogens is 440 g/mol. The number of amides is 1. The molecule has 0 heterocycles. The fraction of sp³-hybridized carbons (Fsp3) is 0.208. The Labute approximate surface area is 188 Å². The van der Waals surface area contributed by atoms with Crippen LogP contribution in [-0.4, -0.2) is 35.6 Å². The molecule has 1 aliphatic carbocycles. The number of aliphatic hydroxyl groups excluding tert-OH is 2. The first-order valence-electron chi connectivity index (χ1n) is 9.97. The summed E-state index contributed by atoms with van der Waals surface area (Å²) in [6, 6.07) is 17.4. The number of ether oxygens (including phenoxy) is 1. The molecule has 1 aliphatic rings. The van der Waals surface area contributed by atoms with Gasteiger partial charge in [0, 0.05) is 18.0 Å². The molecule has 2 atom stereocenters. The summed E-state index contributed by atoms with van der Waals surface area (Å²) in [7, 11) is 0. The Balaban J connectivity index is 1.37. The van der Waals surface area contributed by atoms with E-state index in [1.807, 2.05) is 48.5 Å². The van der Waals surface area contributed by atoms with Crippen LogP contribution in [0.2, 0.25) is 5.02 Å². The van der Waals surface area contributed by atoms with E-state index in [1.54, 1.807) is 0 Å². The quantitative estimate of drug-likeness (QED) is 0.472. The number of rotatable bonds is 6. The van der Waals surface area contributed by atoms with Gasteiger partial charge in [0.15, 0.2) is 0 Å². The Morgan fingerprint density at radius 2 is 1.53 bits per heavy atom. The average Bonchev–Trinajstić information content (AvgIpc) is 3.12. The van der Waals surface area contributed by atoms with Gasteiger partial charge in [-0.2, -0.15) is 0 Å².